The van der Waals surface area contributed by atoms with Crippen molar-refractivity contribution in [1.82, 2.24) is 0 Å². The lowest BCUT2D eigenvalue weighted by molar-refractivity contribution is -0.113. The molecule has 7 heteroatoms. The molecule has 0 radical (unpaired) electrons. The Balaban J connectivity index is 1.71. The first-order chi connectivity index (χ1) is 13.8. The van der Waals surface area contributed by atoms with E-state index in [-0.39, 0.29) is 10.8 Å². The summed E-state index contributed by atoms with van der Waals surface area (Å²) in [6, 6.07) is 21.6. The molecule has 3 aromatic rings. The zero-order chi connectivity index (χ0) is 20.9. The number of aryl methyl sites for hydroxylation is 1. The number of amides is 2. The summed E-state index contributed by atoms with van der Waals surface area (Å²) in [6.07, 6.45) is 0. The fourth-order valence-corrected chi connectivity index (χ4v) is 3.86. The molecule has 0 unspecified atom stereocenters. The molecule has 0 atom stereocenters. The predicted molar refractivity (Wildman–Crippen MR) is 113 cm³/mol. The van der Waals surface area contributed by atoms with E-state index in [1.165, 1.54) is 12.1 Å². The largest absolute Gasteiger partial charge is 0.325 e. The molecule has 0 saturated carbocycles. The Morgan fingerprint density at radius 2 is 1.45 bits per heavy atom. The van der Waals surface area contributed by atoms with Crippen LogP contribution < -0.4 is 10.6 Å². The van der Waals surface area contributed by atoms with E-state index >= 15 is 0 Å². The molecule has 0 spiro atoms. The van der Waals surface area contributed by atoms with E-state index < -0.39 is 21.5 Å². The van der Waals surface area contributed by atoms with Crippen LogP contribution >= 0.6 is 0 Å². The predicted octanol–water partition coefficient (Wildman–Crippen LogP) is 3.66. The number of benzene rings is 3. The van der Waals surface area contributed by atoms with Crippen molar-refractivity contribution < 1.29 is 18.0 Å². The molecule has 3 rings (SSSR count). The van der Waals surface area contributed by atoms with E-state index in [2.05, 4.69) is 10.6 Å². The maximum Gasteiger partial charge on any atom is 0.255 e. The van der Waals surface area contributed by atoms with Gasteiger partial charge in [-0.25, -0.2) is 8.42 Å². The molecule has 2 N–H and O–H groups in total. The minimum Gasteiger partial charge on any atom is -0.325 e. The minimum atomic E-state index is -3.73. The van der Waals surface area contributed by atoms with E-state index in [0.29, 0.717) is 16.9 Å². The van der Waals surface area contributed by atoms with Gasteiger partial charge in [0, 0.05) is 16.9 Å². The van der Waals surface area contributed by atoms with Gasteiger partial charge in [0.25, 0.3) is 5.91 Å². The summed E-state index contributed by atoms with van der Waals surface area (Å²) in [7, 11) is -3.73. The van der Waals surface area contributed by atoms with Crippen LogP contribution in [0.3, 0.4) is 0 Å². The second-order valence-corrected chi connectivity index (χ2v) is 8.46. The molecule has 29 heavy (non-hydrogen) atoms. The standard InChI is InChI=1S/C22H20N2O4S/c1-16-12-13-18(14-20(16)24-22(26)17-8-4-2-5-9-17)23-21(25)15-29(27,28)19-10-6-3-7-11-19/h2-14H,15H2,1H3,(H,23,25)(H,24,26). The van der Waals surface area contributed by atoms with Crippen molar-refractivity contribution in [2.24, 2.45) is 0 Å². The van der Waals surface area contributed by atoms with Crippen LogP contribution in [-0.2, 0) is 14.6 Å². The van der Waals surface area contributed by atoms with Crippen LogP contribution in [0.15, 0.2) is 83.8 Å². The number of anilines is 2. The van der Waals surface area contributed by atoms with Gasteiger partial charge in [-0.3, -0.25) is 9.59 Å². The van der Waals surface area contributed by atoms with Crippen molar-refractivity contribution in [3.63, 3.8) is 0 Å². The Kier molecular flexibility index (Phi) is 6.09. The van der Waals surface area contributed by atoms with Gasteiger partial charge in [0.15, 0.2) is 9.84 Å². The van der Waals surface area contributed by atoms with Crippen molar-refractivity contribution in [1.29, 1.82) is 0 Å². The van der Waals surface area contributed by atoms with Gasteiger partial charge in [0.2, 0.25) is 5.91 Å². The molecular weight excluding hydrogens is 388 g/mol. The Morgan fingerprint density at radius 1 is 0.828 bits per heavy atom. The number of carbonyl (C=O) groups is 2. The molecule has 0 aromatic heterocycles. The Hall–Kier alpha value is -3.45. The monoisotopic (exact) mass is 408 g/mol. The van der Waals surface area contributed by atoms with Crippen molar-refractivity contribution in [2.45, 2.75) is 11.8 Å². The molecule has 0 heterocycles. The van der Waals surface area contributed by atoms with E-state index in [9.17, 15) is 18.0 Å². The minimum absolute atomic E-state index is 0.0925. The van der Waals surface area contributed by atoms with Gasteiger partial charge in [-0.05, 0) is 48.9 Å². The highest BCUT2D eigenvalue weighted by atomic mass is 32.2. The third-order valence-electron chi connectivity index (χ3n) is 4.23. The van der Waals surface area contributed by atoms with Crippen LogP contribution in [0.25, 0.3) is 0 Å². The van der Waals surface area contributed by atoms with Gasteiger partial charge in [-0.1, -0.05) is 42.5 Å². The molecule has 0 aliphatic rings. The number of rotatable bonds is 6. The van der Waals surface area contributed by atoms with Gasteiger partial charge < -0.3 is 10.6 Å². The highest BCUT2D eigenvalue weighted by Crippen LogP contribution is 2.21. The zero-order valence-corrected chi connectivity index (χ0v) is 16.6. The summed E-state index contributed by atoms with van der Waals surface area (Å²) in [5.41, 5.74) is 2.24. The van der Waals surface area contributed by atoms with Gasteiger partial charge >= 0.3 is 0 Å². The molecule has 0 fully saturated rings. The van der Waals surface area contributed by atoms with Crippen LogP contribution in [0.2, 0.25) is 0 Å². The smallest absolute Gasteiger partial charge is 0.255 e. The molecule has 0 aliphatic carbocycles. The molecule has 2 amide bonds. The first-order valence-corrected chi connectivity index (χ1v) is 10.5. The Morgan fingerprint density at radius 3 is 2.10 bits per heavy atom. The lowest BCUT2D eigenvalue weighted by atomic mass is 10.1. The van der Waals surface area contributed by atoms with Crippen LogP contribution in [0.4, 0.5) is 11.4 Å². The van der Waals surface area contributed by atoms with Crippen LogP contribution in [-0.4, -0.2) is 26.0 Å². The lowest BCUT2D eigenvalue weighted by Gasteiger charge is -2.12. The number of carbonyl (C=O) groups excluding carboxylic acids is 2. The SMILES string of the molecule is Cc1ccc(NC(=O)CS(=O)(=O)c2ccccc2)cc1NC(=O)c1ccccc1. The number of hydrogen-bond acceptors (Lipinski definition) is 4. The fourth-order valence-electron chi connectivity index (χ4n) is 2.70. The van der Waals surface area contributed by atoms with Crippen LogP contribution in [0.1, 0.15) is 15.9 Å². The van der Waals surface area contributed by atoms with Crippen molar-refractivity contribution in [2.75, 3.05) is 16.4 Å². The van der Waals surface area contributed by atoms with Crippen LogP contribution in [0.5, 0.6) is 0 Å². The Bertz CT molecular complexity index is 1130. The van der Waals surface area contributed by atoms with E-state index in [0.717, 1.165) is 5.56 Å². The molecular formula is C22H20N2O4S. The highest BCUT2D eigenvalue weighted by molar-refractivity contribution is 7.92. The molecule has 0 aliphatic heterocycles. The number of hydrogen-bond donors (Lipinski definition) is 2. The first kappa shape index (κ1) is 20.3. The Labute approximate surface area is 169 Å². The average molecular weight is 408 g/mol. The summed E-state index contributed by atoms with van der Waals surface area (Å²) in [4.78, 5) is 24.7. The highest BCUT2D eigenvalue weighted by Gasteiger charge is 2.19. The van der Waals surface area contributed by atoms with Gasteiger partial charge in [0.1, 0.15) is 5.75 Å². The molecule has 3 aromatic carbocycles. The third kappa shape index (κ3) is 5.30. The summed E-state index contributed by atoms with van der Waals surface area (Å²) in [6.45, 7) is 1.83. The molecule has 148 valence electrons. The van der Waals surface area contributed by atoms with Crippen molar-refractivity contribution in [3.8, 4) is 0 Å². The summed E-state index contributed by atoms with van der Waals surface area (Å²) in [5.74, 6) is -1.60. The van der Waals surface area contributed by atoms with Gasteiger partial charge in [-0.15, -0.1) is 0 Å². The molecule has 0 bridgehead atoms. The van der Waals surface area contributed by atoms with Gasteiger partial charge in [0.05, 0.1) is 4.90 Å². The number of sulfone groups is 1. The maximum atomic E-state index is 12.4. The van der Waals surface area contributed by atoms with Crippen molar-refractivity contribution in [3.05, 3.63) is 90.0 Å². The van der Waals surface area contributed by atoms with E-state index in [4.69, 9.17) is 0 Å². The van der Waals surface area contributed by atoms with Crippen molar-refractivity contribution >= 4 is 33.0 Å². The number of nitrogens with one attached hydrogen (secondary N) is 2. The average Bonchev–Trinajstić information content (AvgIpc) is 2.71. The molecule has 0 saturated heterocycles. The summed E-state index contributed by atoms with van der Waals surface area (Å²) >= 11 is 0. The second kappa shape index (κ2) is 8.70. The normalized spacial score (nSPS) is 10.9. The van der Waals surface area contributed by atoms with E-state index in [1.54, 1.807) is 60.7 Å². The maximum absolute atomic E-state index is 12.4. The molecule has 6 nitrogen and oxygen atoms in total. The van der Waals surface area contributed by atoms with Crippen LogP contribution in [0, 0.1) is 6.92 Å². The zero-order valence-electron chi connectivity index (χ0n) is 15.8. The van der Waals surface area contributed by atoms with Gasteiger partial charge in [-0.2, -0.15) is 0 Å². The van der Waals surface area contributed by atoms with E-state index in [1.807, 2.05) is 13.0 Å². The first-order valence-electron chi connectivity index (χ1n) is 8.90. The second-order valence-electron chi connectivity index (χ2n) is 6.47. The topological polar surface area (TPSA) is 92.3 Å². The fraction of sp³-hybridized carbons (Fsp3) is 0.0909. The quantitative estimate of drug-likeness (QED) is 0.651. The summed E-state index contributed by atoms with van der Waals surface area (Å²) < 4.78 is 24.7. The lowest BCUT2D eigenvalue weighted by Crippen LogP contribution is -2.23. The third-order valence-corrected chi connectivity index (χ3v) is 5.86. The summed E-state index contributed by atoms with van der Waals surface area (Å²) in [5, 5.41) is 5.38.